The van der Waals surface area contributed by atoms with Crippen LogP contribution in [0.15, 0.2) is 118 Å². The highest BCUT2D eigenvalue weighted by Gasteiger charge is 2.21. The summed E-state index contributed by atoms with van der Waals surface area (Å²) in [6.07, 6.45) is 24.0. The third-order valence-electron chi connectivity index (χ3n) is 12.6. The molecule has 3 atom stereocenters. The van der Waals surface area contributed by atoms with Gasteiger partial charge in [0.15, 0.2) is 0 Å². The number of fused-ring (bicyclic) bond motifs is 3. The van der Waals surface area contributed by atoms with E-state index in [9.17, 15) is 4.79 Å². The molecule has 8 nitrogen and oxygen atoms in total. The Balaban J connectivity index is 0.000000294. The normalized spacial score (nSPS) is 14.6. The van der Waals surface area contributed by atoms with Crippen LogP contribution in [-0.2, 0) is 13.0 Å². The Morgan fingerprint density at radius 3 is 2.21 bits per heavy atom. The number of unbranched alkanes of at least 4 members (excludes halogenated alkanes) is 3. The van der Waals surface area contributed by atoms with Crippen LogP contribution in [-0.4, -0.2) is 52.2 Å². The second kappa shape index (κ2) is 29.4. The van der Waals surface area contributed by atoms with E-state index in [1.54, 1.807) is 10.8 Å². The van der Waals surface area contributed by atoms with E-state index in [0.717, 1.165) is 77.8 Å². The average molecular weight is 909 g/mol. The van der Waals surface area contributed by atoms with Crippen LogP contribution in [0.4, 0.5) is 5.69 Å². The summed E-state index contributed by atoms with van der Waals surface area (Å²) in [6.45, 7) is 26.0. The summed E-state index contributed by atoms with van der Waals surface area (Å²) in [5.74, 6) is 1.18. The van der Waals surface area contributed by atoms with E-state index >= 15 is 0 Å². The second-order valence-corrected chi connectivity index (χ2v) is 18.2. The van der Waals surface area contributed by atoms with Gasteiger partial charge in [0.05, 0.1) is 6.20 Å². The number of aromatic nitrogens is 3. The maximum Gasteiger partial charge on any atom is 0.277 e. The van der Waals surface area contributed by atoms with Gasteiger partial charge in [0, 0.05) is 53.9 Å². The van der Waals surface area contributed by atoms with Crippen LogP contribution in [0.1, 0.15) is 161 Å². The zero-order chi connectivity index (χ0) is 48.6. The number of nitrogens with one attached hydrogen (secondary N) is 2. The molecule has 6 aromatic rings. The minimum atomic E-state index is -0.0956. The lowest BCUT2D eigenvalue weighted by molar-refractivity contribution is 0.105. The summed E-state index contributed by atoms with van der Waals surface area (Å²) in [4.78, 5) is 25.3. The van der Waals surface area contributed by atoms with E-state index in [1.807, 2.05) is 43.7 Å². The molecule has 0 spiro atoms. The lowest BCUT2D eigenvalue weighted by Gasteiger charge is -2.38. The summed E-state index contributed by atoms with van der Waals surface area (Å²) in [5, 5.41) is 8.76. The van der Waals surface area contributed by atoms with E-state index in [2.05, 4.69) is 157 Å². The van der Waals surface area contributed by atoms with Gasteiger partial charge in [0.25, 0.3) is 5.56 Å². The fourth-order valence-electron chi connectivity index (χ4n) is 7.98. The molecular formula is C59H84N6O2. The lowest BCUT2D eigenvalue weighted by Crippen LogP contribution is -2.45. The molecule has 3 aromatic carbocycles. The van der Waals surface area contributed by atoms with Crippen molar-refractivity contribution in [2.45, 2.75) is 158 Å². The van der Waals surface area contributed by atoms with Crippen molar-refractivity contribution in [3.05, 3.63) is 142 Å². The zero-order valence-electron chi connectivity index (χ0n) is 43.1. The monoisotopic (exact) mass is 909 g/mol. The number of allylic oxidation sites excluding steroid dienone is 2. The van der Waals surface area contributed by atoms with Crippen molar-refractivity contribution < 1.29 is 4.42 Å². The number of furan rings is 1. The van der Waals surface area contributed by atoms with Gasteiger partial charge in [-0.15, -0.1) is 0 Å². The third kappa shape index (κ3) is 16.5. The van der Waals surface area contributed by atoms with Crippen LogP contribution in [0.25, 0.3) is 39.4 Å². The molecule has 362 valence electrons. The first-order valence-electron chi connectivity index (χ1n) is 25.5. The smallest absolute Gasteiger partial charge is 0.277 e. The number of likely N-dealkylation sites (tertiary alicyclic amines) is 1. The highest BCUT2D eigenvalue weighted by atomic mass is 16.3. The fraction of sp³-hybridized carbons (Fsp3) is 0.475. The SMILES string of the molecule is CCCC.CCCC/C=C\Cn1c(-c2ccc(C(C)CC)cc2)ncc(NC(C)c2ccc3oc4ccccc4c3c2)c1=O.CCCN1CCC1C.CCCc1ccncc1/C=C(\C)CNC. The molecule has 0 aliphatic carbocycles. The molecule has 1 aliphatic heterocycles. The molecule has 8 heteroatoms. The number of hydrogen-bond donors (Lipinski definition) is 2. The van der Waals surface area contributed by atoms with Crippen LogP contribution in [0.3, 0.4) is 0 Å². The molecule has 4 heterocycles. The average Bonchev–Trinajstić information content (AvgIpc) is 3.73. The van der Waals surface area contributed by atoms with Gasteiger partial charge in [-0.25, -0.2) is 4.98 Å². The molecule has 1 saturated heterocycles. The van der Waals surface area contributed by atoms with Crippen molar-refractivity contribution in [2.24, 2.45) is 0 Å². The van der Waals surface area contributed by atoms with Crippen molar-refractivity contribution >= 4 is 33.7 Å². The van der Waals surface area contributed by atoms with E-state index in [0.29, 0.717) is 24.0 Å². The molecule has 1 aliphatic rings. The summed E-state index contributed by atoms with van der Waals surface area (Å²) in [7, 11) is 1.97. The predicted octanol–water partition coefficient (Wildman–Crippen LogP) is 15.2. The summed E-state index contributed by atoms with van der Waals surface area (Å²) < 4.78 is 7.77. The predicted molar refractivity (Wildman–Crippen MR) is 289 cm³/mol. The Bertz CT molecular complexity index is 2460. The standard InChI is InChI=1S/C35H39N3O2.C13H20N2.C7H15N.C4H10/c1-5-7-8-9-12-21-38-34(27-17-15-26(16-18-27)24(3)6-2)36-23-31(35(38)39)37-25(4)28-19-20-33-30(22-28)29-13-10-11-14-32(29)40-33;1-4-5-12-6-7-15-10-13(12)8-11(2)9-14-3;1-3-5-8-6-4-7(8)2;1-3-4-2/h9-20,22-25,37H,5-8,21H2,1-4H3;6-8,10,14H,4-5,9H2,1-3H3;7H,3-6H2,1-2H3;3-4H2,1-2H3/b12-9-;11-8+;;. The van der Waals surface area contributed by atoms with Gasteiger partial charge >= 0.3 is 0 Å². The molecule has 0 amide bonds. The van der Waals surface area contributed by atoms with Gasteiger partial charge in [-0.05, 0) is 125 Å². The Morgan fingerprint density at radius 1 is 0.851 bits per heavy atom. The topological polar surface area (TPSA) is 88.2 Å². The Hall–Kier alpha value is -5.31. The van der Waals surface area contributed by atoms with Crippen molar-refractivity contribution in [3.63, 3.8) is 0 Å². The van der Waals surface area contributed by atoms with Crippen molar-refractivity contribution in [1.29, 1.82) is 0 Å². The number of likely N-dealkylation sites (N-methyl/N-ethyl adjacent to an activating group) is 1. The Labute approximate surface area is 404 Å². The van der Waals surface area contributed by atoms with E-state index < -0.39 is 0 Å². The number of nitrogens with zero attached hydrogens (tertiary/aromatic N) is 4. The van der Waals surface area contributed by atoms with Gasteiger partial charge in [-0.2, -0.15) is 0 Å². The molecule has 2 N–H and O–H groups in total. The summed E-state index contributed by atoms with van der Waals surface area (Å²) in [6, 6.07) is 25.7. The van der Waals surface area contributed by atoms with E-state index in [4.69, 9.17) is 9.40 Å². The molecule has 3 unspecified atom stereocenters. The van der Waals surface area contributed by atoms with Crippen molar-refractivity contribution in [1.82, 2.24) is 24.8 Å². The van der Waals surface area contributed by atoms with Gasteiger partial charge in [-0.1, -0.05) is 153 Å². The fourth-order valence-corrected chi connectivity index (χ4v) is 7.98. The first-order valence-corrected chi connectivity index (χ1v) is 25.5. The third-order valence-corrected chi connectivity index (χ3v) is 12.6. The molecule has 0 radical (unpaired) electrons. The van der Waals surface area contributed by atoms with Crippen LogP contribution in [0.5, 0.6) is 0 Å². The Morgan fingerprint density at radius 2 is 1.58 bits per heavy atom. The second-order valence-electron chi connectivity index (χ2n) is 18.2. The number of para-hydroxylation sites is 1. The number of pyridine rings is 1. The van der Waals surface area contributed by atoms with Crippen LogP contribution < -0.4 is 16.2 Å². The largest absolute Gasteiger partial charge is 0.456 e. The number of rotatable bonds is 19. The van der Waals surface area contributed by atoms with Crippen molar-refractivity contribution in [3.8, 4) is 11.4 Å². The number of hydrogen-bond acceptors (Lipinski definition) is 7. The number of aryl methyl sites for hydroxylation is 1. The van der Waals surface area contributed by atoms with Crippen LogP contribution >= 0.6 is 0 Å². The van der Waals surface area contributed by atoms with Crippen molar-refractivity contribution in [2.75, 3.05) is 32.0 Å². The molecule has 0 bridgehead atoms. The zero-order valence-corrected chi connectivity index (χ0v) is 43.1. The molecule has 67 heavy (non-hydrogen) atoms. The first kappa shape index (κ1) is 54.3. The highest BCUT2D eigenvalue weighted by molar-refractivity contribution is 6.05. The van der Waals surface area contributed by atoms with Crippen LogP contribution in [0, 0.1) is 0 Å². The van der Waals surface area contributed by atoms with Gasteiger partial charge in [0.1, 0.15) is 22.7 Å². The minimum Gasteiger partial charge on any atom is -0.456 e. The van der Waals surface area contributed by atoms with Gasteiger partial charge in [0.2, 0.25) is 0 Å². The molecule has 0 saturated carbocycles. The van der Waals surface area contributed by atoms with E-state index in [-0.39, 0.29) is 11.6 Å². The molecular weight excluding hydrogens is 825 g/mol. The van der Waals surface area contributed by atoms with Gasteiger partial charge < -0.3 is 20.0 Å². The first-order chi connectivity index (χ1) is 32.5. The summed E-state index contributed by atoms with van der Waals surface area (Å²) in [5.41, 5.74) is 9.47. The maximum absolute atomic E-state index is 13.8. The minimum absolute atomic E-state index is 0.0715. The molecule has 1 fully saturated rings. The lowest BCUT2D eigenvalue weighted by atomic mass is 9.97. The van der Waals surface area contributed by atoms with E-state index in [1.165, 1.54) is 67.5 Å². The molecule has 7 rings (SSSR count). The maximum atomic E-state index is 13.8. The number of anilines is 1. The highest BCUT2D eigenvalue weighted by Crippen LogP contribution is 2.31. The quantitative estimate of drug-likeness (QED) is 0.0618. The molecule has 3 aromatic heterocycles. The van der Waals surface area contributed by atoms with Crippen LogP contribution in [0.2, 0.25) is 0 Å². The van der Waals surface area contributed by atoms with Gasteiger partial charge in [-0.3, -0.25) is 14.3 Å². The summed E-state index contributed by atoms with van der Waals surface area (Å²) >= 11 is 0. The Kier molecular flexibility index (Phi) is 23.9. The number of benzene rings is 3.